The molecular weight excluding hydrogens is 610 g/mol. The van der Waals surface area contributed by atoms with Gasteiger partial charge in [-0.1, -0.05) is 17.7 Å². The number of nitrogens with zero attached hydrogens (tertiary/aromatic N) is 6. The highest BCUT2D eigenvalue weighted by molar-refractivity contribution is 7.90. The molecule has 2 unspecified atom stereocenters. The summed E-state index contributed by atoms with van der Waals surface area (Å²) in [6, 6.07) is 18.4. The zero-order valence-electron chi connectivity index (χ0n) is 24.9. The number of piperidine rings is 1. The van der Waals surface area contributed by atoms with Crippen LogP contribution < -0.4 is 4.90 Å². The first-order valence-corrected chi connectivity index (χ1v) is 16.4. The summed E-state index contributed by atoms with van der Waals surface area (Å²) in [6.45, 7) is 2.99. The average Bonchev–Trinajstić information content (AvgIpc) is 3.44. The second-order valence-corrected chi connectivity index (χ2v) is 13.6. The van der Waals surface area contributed by atoms with Gasteiger partial charge in [0.1, 0.15) is 23.5 Å². The maximum absolute atomic E-state index is 13.8. The number of rotatable bonds is 8. The quantitative estimate of drug-likeness (QED) is 0.242. The van der Waals surface area contributed by atoms with Gasteiger partial charge < -0.3 is 10.0 Å². The maximum atomic E-state index is 13.8. The first-order valence-electron chi connectivity index (χ1n) is 14.9. The van der Waals surface area contributed by atoms with Crippen molar-refractivity contribution in [3.05, 3.63) is 101 Å². The number of piperazine rings is 1. The highest BCUT2D eigenvalue weighted by Crippen LogP contribution is 2.38. The molecule has 3 aliphatic heterocycles. The number of halogens is 2. The largest absolute Gasteiger partial charge is 0.508 e. The fraction of sp³-hybridized carbons (Fsp3) is 0.265. The minimum Gasteiger partial charge on any atom is -0.508 e. The van der Waals surface area contributed by atoms with E-state index in [1.807, 2.05) is 19.1 Å². The molecule has 1 N–H and O–H groups in total. The summed E-state index contributed by atoms with van der Waals surface area (Å²) in [7, 11) is -4.12. The number of anilines is 1. The van der Waals surface area contributed by atoms with Gasteiger partial charge in [-0.3, -0.25) is 9.29 Å². The first-order chi connectivity index (χ1) is 22.2. The second-order valence-electron chi connectivity index (χ2n) is 11.9. The lowest BCUT2D eigenvalue weighted by Crippen LogP contribution is -2.68. The van der Waals surface area contributed by atoms with Gasteiger partial charge in [-0.05, 0) is 61.9 Å². The third-order valence-electron chi connectivity index (χ3n) is 8.99. The van der Waals surface area contributed by atoms with Gasteiger partial charge in [-0.2, -0.15) is 5.26 Å². The number of benzene rings is 2. The zero-order chi connectivity index (χ0) is 32.2. The number of aromatic nitrogens is 3. The molecule has 9 nitrogen and oxygen atoms in total. The van der Waals surface area contributed by atoms with Crippen LogP contribution in [0.15, 0.2) is 78.0 Å². The van der Waals surface area contributed by atoms with Crippen LogP contribution in [0.3, 0.4) is 0 Å². The number of hydrogen-bond donors (Lipinski definition) is 1. The SMILES string of the molecule is Cc1ccc(S(=O)(=O)n2c(CCF)cc3c(-c4ccc(N5CC6CC(C5)N6Cc5cc(F)ccc5O)nc4)c(C#N)cnc32)cc1. The molecule has 3 aromatic heterocycles. The van der Waals surface area contributed by atoms with Crippen molar-refractivity contribution in [2.75, 3.05) is 24.7 Å². The number of phenols is 1. The molecule has 3 aliphatic rings. The molecule has 0 aliphatic carbocycles. The Bertz CT molecular complexity index is 2100. The molecule has 3 fully saturated rings. The molecule has 46 heavy (non-hydrogen) atoms. The van der Waals surface area contributed by atoms with Crippen LogP contribution in [0.2, 0.25) is 0 Å². The fourth-order valence-electron chi connectivity index (χ4n) is 6.66. The number of phenolic OH excluding ortho intramolecular Hbond substituents is 1. The Kier molecular flexibility index (Phi) is 7.45. The number of nitriles is 1. The number of fused-ring (bicyclic) bond motifs is 3. The number of aromatic hydroxyl groups is 1. The van der Waals surface area contributed by atoms with Gasteiger partial charge in [0.25, 0.3) is 10.0 Å². The molecule has 0 saturated carbocycles. The van der Waals surface area contributed by atoms with Crippen LogP contribution in [0, 0.1) is 24.1 Å². The molecule has 5 aromatic rings. The Balaban J connectivity index is 1.19. The third kappa shape index (κ3) is 5.05. The minimum atomic E-state index is -4.12. The molecule has 12 heteroatoms. The second kappa shape index (κ2) is 11.5. The molecular formula is C34H30F2N6O3S. The van der Waals surface area contributed by atoms with Crippen LogP contribution in [0.1, 0.15) is 28.8 Å². The summed E-state index contributed by atoms with van der Waals surface area (Å²) in [5.74, 6) is 0.467. The van der Waals surface area contributed by atoms with Crippen molar-refractivity contribution in [1.82, 2.24) is 18.8 Å². The van der Waals surface area contributed by atoms with Crippen molar-refractivity contribution in [3.8, 4) is 22.9 Å². The Morgan fingerprint density at radius 1 is 1.02 bits per heavy atom. The van der Waals surface area contributed by atoms with Crippen molar-refractivity contribution in [3.63, 3.8) is 0 Å². The van der Waals surface area contributed by atoms with E-state index in [1.165, 1.54) is 36.5 Å². The molecule has 2 bridgehead atoms. The van der Waals surface area contributed by atoms with Gasteiger partial charge in [0.15, 0.2) is 5.65 Å². The minimum absolute atomic E-state index is 0.0558. The topological polar surface area (TPSA) is 115 Å². The summed E-state index contributed by atoms with van der Waals surface area (Å²) >= 11 is 0. The van der Waals surface area contributed by atoms with Gasteiger partial charge in [-0.25, -0.2) is 26.7 Å². The van der Waals surface area contributed by atoms with Crippen LogP contribution in [0.4, 0.5) is 14.6 Å². The first kappa shape index (κ1) is 29.8. The zero-order valence-corrected chi connectivity index (χ0v) is 25.8. The number of aryl methyl sites for hydroxylation is 2. The molecule has 0 radical (unpaired) electrons. The van der Waals surface area contributed by atoms with Crippen LogP contribution in [0.25, 0.3) is 22.2 Å². The monoisotopic (exact) mass is 640 g/mol. The van der Waals surface area contributed by atoms with Crippen LogP contribution in [-0.2, 0) is 23.0 Å². The standard InChI is InChI=1S/C34H30F2N6O3S/c1-21-2-6-29(7-3-21)46(44,45)42-26(10-11-35)14-30-33(24(15-37)17-39-34(30)42)22-4-9-32(38-16-22)40-19-27-13-28(20-40)41(27)18-23-12-25(36)5-8-31(23)43/h2-9,12,14,16-17,27-28,43H,10-11,13,18-20H2,1H3. The average molecular weight is 641 g/mol. The highest BCUT2D eigenvalue weighted by Gasteiger charge is 2.45. The summed E-state index contributed by atoms with van der Waals surface area (Å²) in [6.07, 6.45) is 3.87. The van der Waals surface area contributed by atoms with Gasteiger partial charge in [0, 0.05) is 78.3 Å². The summed E-state index contributed by atoms with van der Waals surface area (Å²) in [4.78, 5) is 13.6. The molecule has 8 rings (SSSR count). The summed E-state index contributed by atoms with van der Waals surface area (Å²) in [5, 5.41) is 20.6. The van der Waals surface area contributed by atoms with E-state index in [9.17, 15) is 27.6 Å². The van der Waals surface area contributed by atoms with E-state index in [0.29, 0.717) is 41.7 Å². The third-order valence-corrected chi connectivity index (χ3v) is 10.7. The highest BCUT2D eigenvalue weighted by atomic mass is 32.2. The summed E-state index contributed by atoms with van der Waals surface area (Å²) < 4.78 is 56.2. The van der Waals surface area contributed by atoms with E-state index in [-0.39, 0.29) is 51.9 Å². The molecule has 0 spiro atoms. The predicted octanol–water partition coefficient (Wildman–Crippen LogP) is 5.34. The van der Waals surface area contributed by atoms with Crippen molar-refractivity contribution in [2.45, 2.75) is 43.3 Å². The normalized spacial score (nSPS) is 18.0. The van der Waals surface area contributed by atoms with Gasteiger partial charge in [0.05, 0.1) is 17.1 Å². The summed E-state index contributed by atoms with van der Waals surface area (Å²) in [5.41, 5.74) is 3.14. The number of pyridine rings is 2. The Morgan fingerprint density at radius 3 is 2.46 bits per heavy atom. The molecule has 6 heterocycles. The van der Waals surface area contributed by atoms with Gasteiger partial charge in [0.2, 0.25) is 0 Å². The van der Waals surface area contributed by atoms with Crippen LogP contribution >= 0.6 is 0 Å². The Labute approximate surface area is 265 Å². The lowest BCUT2D eigenvalue weighted by molar-refractivity contribution is -0.00921. The molecule has 3 saturated heterocycles. The van der Waals surface area contributed by atoms with E-state index >= 15 is 0 Å². The van der Waals surface area contributed by atoms with E-state index in [0.717, 1.165) is 21.8 Å². The van der Waals surface area contributed by atoms with E-state index < -0.39 is 16.7 Å². The number of hydrogen-bond acceptors (Lipinski definition) is 8. The maximum Gasteiger partial charge on any atom is 0.269 e. The van der Waals surface area contributed by atoms with E-state index in [4.69, 9.17) is 4.98 Å². The fourth-order valence-corrected chi connectivity index (χ4v) is 8.17. The molecule has 234 valence electrons. The van der Waals surface area contributed by atoms with Crippen LogP contribution in [-0.4, -0.2) is 64.2 Å². The predicted molar refractivity (Wildman–Crippen MR) is 169 cm³/mol. The Hall–Kier alpha value is -4.86. The van der Waals surface area contributed by atoms with Crippen molar-refractivity contribution < 1.29 is 22.3 Å². The molecule has 2 atom stereocenters. The Morgan fingerprint density at radius 2 is 1.78 bits per heavy atom. The van der Waals surface area contributed by atoms with Crippen molar-refractivity contribution in [2.24, 2.45) is 0 Å². The van der Waals surface area contributed by atoms with E-state index in [2.05, 4.69) is 20.9 Å². The smallest absolute Gasteiger partial charge is 0.269 e. The molecule has 2 aromatic carbocycles. The van der Waals surface area contributed by atoms with E-state index in [1.54, 1.807) is 24.4 Å². The molecule has 0 amide bonds. The lowest BCUT2D eigenvalue weighted by Gasteiger charge is -2.56. The van der Waals surface area contributed by atoms with Crippen LogP contribution in [0.5, 0.6) is 5.75 Å². The van der Waals surface area contributed by atoms with Crippen molar-refractivity contribution in [1.29, 1.82) is 5.26 Å². The van der Waals surface area contributed by atoms with Gasteiger partial charge in [-0.15, -0.1) is 0 Å². The number of alkyl halides is 1. The van der Waals surface area contributed by atoms with Crippen molar-refractivity contribution >= 4 is 26.9 Å². The van der Waals surface area contributed by atoms with Gasteiger partial charge >= 0.3 is 0 Å². The lowest BCUT2D eigenvalue weighted by atomic mass is 9.86.